The van der Waals surface area contributed by atoms with Gasteiger partial charge in [0.15, 0.2) is 5.65 Å². The molecule has 2 aliphatic heterocycles. The van der Waals surface area contributed by atoms with E-state index in [-0.39, 0.29) is 29.2 Å². The van der Waals surface area contributed by atoms with Crippen molar-refractivity contribution in [2.45, 2.75) is 37.8 Å². The molecule has 184 valence electrons. The maximum atomic E-state index is 13.3. The molecule has 1 atom stereocenters. The van der Waals surface area contributed by atoms with Crippen molar-refractivity contribution in [2.75, 3.05) is 26.2 Å². The second kappa shape index (κ2) is 9.31. The SMILES string of the molecule is O=C(c1ccc(C(F)(F)F)cc1)N1CCC(C(=O)N2CCCC(c3nc4ncccc4[nH]3)C2)CC1. The van der Waals surface area contributed by atoms with Gasteiger partial charge in [-0.2, -0.15) is 13.2 Å². The number of carbonyl (C=O) groups excluding carboxylic acids is 2. The lowest BCUT2D eigenvalue weighted by atomic mass is 9.91. The lowest BCUT2D eigenvalue weighted by Gasteiger charge is -2.37. The van der Waals surface area contributed by atoms with Gasteiger partial charge in [0, 0.05) is 49.8 Å². The van der Waals surface area contributed by atoms with Crippen molar-refractivity contribution in [1.82, 2.24) is 24.8 Å². The van der Waals surface area contributed by atoms with E-state index in [9.17, 15) is 22.8 Å². The normalized spacial score (nSPS) is 19.8. The van der Waals surface area contributed by atoms with E-state index >= 15 is 0 Å². The van der Waals surface area contributed by atoms with Crippen molar-refractivity contribution in [3.63, 3.8) is 0 Å². The number of likely N-dealkylation sites (tertiary alicyclic amines) is 2. The van der Waals surface area contributed by atoms with E-state index in [2.05, 4.69) is 15.0 Å². The zero-order valence-electron chi connectivity index (χ0n) is 19.1. The van der Waals surface area contributed by atoms with Crippen LogP contribution in [0, 0.1) is 5.92 Å². The molecule has 10 heteroatoms. The Morgan fingerprint density at radius 3 is 2.40 bits per heavy atom. The molecule has 2 aromatic heterocycles. The Labute approximate surface area is 200 Å². The van der Waals surface area contributed by atoms with E-state index in [1.54, 1.807) is 11.1 Å². The van der Waals surface area contributed by atoms with Crippen LogP contribution in [-0.4, -0.2) is 62.7 Å². The average molecular weight is 486 g/mol. The zero-order chi connectivity index (χ0) is 24.6. The molecule has 5 rings (SSSR count). The first-order chi connectivity index (χ1) is 16.8. The first kappa shape index (κ1) is 23.3. The van der Waals surface area contributed by atoms with Gasteiger partial charge in [0.2, 0.25) is 5.91 Å². The minimum absolute atomic E-state index is 0.102. The van der Waals surface area contributed by atoms with Crippen molar-refractivity contribution < 1.29 is 22.8 Å². The molecular weight excluding hydrogens is 459 g/mol. The molecule has 2 fully saturated rings. The van der Waals surface area contributed by atoms with Crippen LogP contribution in [0.2, 0.25) is 0 Å². The summed E-state index contributed by atoms with van der Waals surface area (Å²) in [6.45, 7) is 2.12. The van der Waals surface area contributed by atoms with Gasteiger partial charge in [0.1, 0.15) is 5.82 Å². The molecule has 35 heavy (non-hydrogen) atoms. The first-order valence-electron chi connectivity index (χ1n) is 11.9. The maximum Gasteiger partial charge on any atom is 0.416 e. The number of piperidine rings is 2. The highest BCUT2D eigenvalue weighted by Crippen LogP contribution is 2.31. The van der Waals surface area contributed by atoms with Crippen LogP contribution in [0.25, 0.3) is 11.2 Å². The van der Waals surface area contributed by atoms with Crippen LogP contribution in [0.15, 0.2) is 42.6 Å². The third kappa shape index (κ3) is 4.87. The van der Waals surface area contributed by atoms with Crippen molar-refractivity contribution in [3.8, 4) is 0 Å². The van der Waals surface area contributed by atoms with Gasteiger partial charge in [-0.1, -0.05) is 0 Å². The molecule has 0 aliphatic carbocycles. The van der Waals surface area contributed by atoms with Crippen molar-refractivity contribution in [3.05, 3.63) is 59.5 Å². The van der Waals surface area contributed by atoms with Crippen molar-refractivity contribution in [1.29, 1.82) is 0 Å². The summed E-state index contributed by atoms with van der Waals surface area (Å²) in [5, 5.41) is 0. The fraction of sp³-hybridized carbons (Fsp3) is 0.440. The number of nitrogens with zero attached hydrogens (tertiary/aromatic N) is 4. The number of halogens is 3. The highest BCUT2D eigenvalue weighted by molar-refractivity contribution is 5.94. The first-order valence-corrected chi connectivity index (χ1v) is 11.9. The maximum absolute atomic E-state index is 13.3. The molecule has 1 N–H and O–H groups in total. The van der Waals surface area contributed by atoms with E-state index in [1.165, 1.54) is 12.1 Å². The second-order valence-electron chi connectivity index (χ2n) is 9.26. The van der Waals surface area contributed by atoms with E-state index in [1.807, 2.05) is 17.0 Å². The van der Waals surface area contributed by atoms with Crippen LogP contribution in [0.4, 0.5) is 13.2 Å². The predicted molar refractivity (Wildman–Crippen MR) is 123 cm³/mol. The number of alkyl halides is 3. The summed E-state index contributed by atoms with van der Waals surface area (Å²) in [4.78, 5) is 41.7. The third-order valence-electron chi connectivity index (χ3n) is 6.99. The van der Waals surface area contributed by atoms with Crippen molar-refractivity contribution >= 4 is 23.0 Å². The van der Waals surface area contributed by atoms with Crippen LogP contribution in [0.1, 0.15) is 53.3 Å². The number of hydrogen-bond donors (Lipinski definition) is 1. The summed E-state index contributed by atoms with van der Waals surface area (Å²) in [7, 11) is 0. The minimum atomic E-state index is -4.44. The van der Waals surface area contributed by atoms with Crippen LogP contribution in [0.3, 0.4) is 0 Å². The molecule has 7 nitrogen and oxygen atoms in total. The average Bonchev–Trinajstić information content (AvgIpc) is 3.32. The summed E-state index contributed by atoms with van der Waals surface area (Å²) in [5.41, 5.74) is 1.01. The van der Waals surface area contributed by atoms with Crippen LogP contribution in [-0.2, 0) is 11.0 Å². The number of imidazole rings is 1. The van der Waals surface area contributed by atoms with Crippen LogP contribution < -0.4 is 0 Å². The molecular formula is C25H26F3N5O2. The number of aromatic amines is 1. The van der Waals surface area contributed by atoms with Crippen LogP contribution in [0.5, 0.6) is 0 Å². The van der Waals surface area contributed by atoms with Gasteiger partial charge in [0.05, 0.1) is 11.1 Å². The van der Waals surface area contributed by atoms with Crippen LogP contribution >= 0.6 is 0 Å². The fourth-order valence-corrected chi connectivity index (χ4v) is 5.03. The van der Waals surface area contributed by atoms with Gasteiger partial charge < -0.3 is 14.8 Å². The molecule has 1 aromatic carbocycles. The molecule has 2 saturated heterocycles. The molecule has 0 spiro atoms. The quantitative estimate of drug-likeness (QED) is 0.602. The van der Waals surface area contributed by atoms with Gasteiger partial charge in [-0.25, -0.2) is 9.97 Å². The highest BCUT2D eigenvalue weighted by atomic mass is 19.4. The smallest absolute Gasteiger partial charge is 0.342 e. The molecule has 1 unspecified atom stereocenters. The summed E-state index contributed by atoms with van der Waals surface area (Å²) in [6.07, 6.45) is 0.199. The van der Waals surface area contributed by atoms with E-state index in [0.29, 0.717) is 44.7 Å². The molecule has 0 bridgehead atoms. The number of benzene rings is 1. The lowest BCUT2D eigenvalue weighted by Crippen LogP contribution is -2.47. The standard InChI is InChI=1S/C25H26F3N5O2/c26-25(27,28)19-7-5-16(6-8-19)23(34)32-13-9-17(10-14-32)24(35)33-12-2-3-18(15-33)21-30-20-4-1-11-29-22(20)31-21/h1,4-8,11,17-18H,2-3,9-10,12-15H2,(H,29,30,31). The Morgan fingerprint density at radius 2 is 1.71 bits per heavy atom. The van der Waals surface area contributed by atoms with E-state index < -0.39 is 11.7 Å². The Morgan fingerprint density at radius 1 is 0.971 bits per heavy atom. The largest absolute Gasteiger partial charge is 0.416 e. The Bertz CT molecular complexity index is 1180. The summed E-state index contributed by atoms with van der Waals surface area (Å²) in [5.74, 6) is 0.617. The Hall–Kier alpha value is -3.43. The molecule has 0 saturated carbocycles. The number of amides is 2. The number of carbonyl (C=O) groups is 2. The summed E-state index contributed by atoms with van der Waals surface area (Å²) < 4.78 is 38.3. The lowest BCUT2D eigenvalue weighted by molar-refractivity contribution is -0.138. The number of fused-ring (bicyclic) bond motifs is 1. The Balaban J connectivity index is 1.17. The van der Waals surface area contributed by atoms with E-state index in [0.717, 1.165) is 36.3 Å². The summed E-state index contributed by atoms with van der Waals surface area (Å²) in [6, 6.07) is 8.07. The number of hydrogen-bond acceptors (Lipinski definition) is 4. The monoisotopic (exact) mass is 485 g/mol. The molecule has 0 radical (unpaired) electrons. The summed E-state index contributed by atoms with van der Waals surface area (Å²) >= 11 is 0. The number of aromatic nitrogens is 3. The van der Waals surface area contributed by atoms with Gasteiger partial charge in [-0.15, -0.1) is 0 Å². The Kier molecular flexibility index (Phi) is 6.21. The third-order valence-corrected chi connectivity index (χ3v) is 6.99. The van der Waals surface area contributed by atoms with Gasteiger partial charge in [-0.3, -0.25) is 9.59 Å². The molecule has 3 aromatic rings. The molecule has 2 amide bonds. The highest BCUT2D eigenvalue weighted by Gasteiger charge is 2.34. The second-order valence-corrected chi connectivity index (χ2v) is 9.26. The topological polar surface area (TPSA) is 82.2 Å². The van der Waals surface area contributed by atoms with E-state index in [4.69, 9.17) is 0 Å². The minimum Gasteiger partial charge on any atom is -0.342 e. The number of H-pyrrole nitrogens is 1. The zero-order valence-corrected chi connectivity index (χ0v) is 19.1. The fourth-order valence-electron chi connectivity index (χ4n) is 5.03. The van der Waals surface area contributed by atoms with Gasteiger partial charge >= 0.3 is 6.18 Å². The van der Waals surface area contributed by atoms with Gasteiger partial charge in [0.25, 0.3) is 5.91 Å². The van der Waals surface area contributed by atoms with Crippen molar-refractivity contribution in [2.24, 2.45) is 5.92 Å². The molecule has 2 aliphatic rings. The predicted octanol–water partition coefficient (Wildman–Crippen LogP) is 4.24. The number of nitrogens with one attached hydrogen (secondary N) is 1. The number of rotatable bonds is 3. The van der Waals surface area contributed by atoms with Gasteiger partial charge in [-0.05, 0) is 62.1 Å². The number of pyridine rings is 1. The molecule has 4 heterocycles.